The van der Waals surface area contributed by atoms with Gasteiger partial charge in [0.1, 0.15) is 23.2 Å². The third kappa shape index (κ3) is 7.53. The van der Waals surface area contributed by atoms with Gasteiger partial charge in [-0.25, -0.2) is 19.4 Å². The number of hydrogen-bond acceptors (Lipinski definition) is 8. The summed E-state index contributed by atoms with van der Waals surface area (Å²) in [6.07, 6.45) is 2.79. The van der Waals surface area contributed by atoms with Crippen LogP contribution in [0.25, 0.3) is 6.08 Å². The van der Waals surface area contributed by atoms with Crippen molar-refractivity contribution in [2.24, 2.45) is 10.9 Å². The highest BCUT2D eigenvalue weighted by Gasteiger charge is 2.30. The zero-order valence-electron chi connectivity index (χ0n) is 20.5. The van der Waals surface area contributed by atoms with Crippen LogP contribution in [0.3, 0.4) is 0 Å². The largest absolute Gasteiger partial charge is 0.444 e. The molecule has 1 unspecified atom stereocenters. The molecule has 2 N–H and O–H groups in total. The van der Waals surface area contributed by atoms with E-state index in [1.807, 2.05) is 5.01 Å². The average Bonchev–Trinajstić information content (AvgIpc) is 3.13. The van der Waals surface area contributed by atoms with Gasteiger partial charge in [-0.05, 0) is 69.5 Å². The van der Waals surface area contributed by atoms with E-state index in [0.29, 0.717) is 15.6 Å². The number of ether oxygens (including phenoxy) is 2. The highest BCUT2D eigenvalue weighted by molar-refractivity contribution is 8.18. The third-order valence-corrected chi connectivity index (χ3v) is 6.02. The lowest BCUT2D eigenvalue weighted by atomic mass is 10.0. The van der Waals surface area contributed by atoms with E-state index in [2.05, 4.69) is 15.7 Å². The van der Waals surface area contributed by atoms with E-state index in [1.165, 1.54) is 30.0 Å². The Hall–Kier alpha value is -2.92. The van der Waals surface area contributed by atoms with Crippen LogP contribution in [0.1, 0.15) is 53.0 Å². The first-order valence-electron chi connectivity index (χ1n) is 11.5. The van der Waals surface area contributed by atoms with Crippen LogP contribution in [0.4, 0.5) is 9.18 Å². The summed E-state index contributed by atoms with van der Waals surface area (Å²) in [6, 6.07) is 2.66. The molecule has 1 saturated heterocycles. The number of thioether (sulfide) groups is 1. The molecule has 1 aromatic rings. The Morgan fingerprint density at radius 2 is 2.03 bits per heavy atom. The number of hydrogen-bond donors (Lipinski definition) is 2. The van der Waals surface area contributed by atoms with Gasteiger partial charge in [0.25, 0.3) is 5.91 Å². The van der Waals surface area contributed by atoms with Gasteiger partial charge in [0.2, 0.25) is 0 Å². The number of amidine groups is 1. The maximum atomic E-state index is 14.0. The fraction of sp³-hybridized carbons (Fsp3) is 0.500. The van der Waals surface area contributed by atoms with Crippen molar-refractivity contribution >= 4 is 41.0 Å². The minimum absolute atomic E-state index is 0.0721. The summed E-state index contributed by atoms with van der Waals surface area (Å²) in [5.74, 6) is -2.22. The summed E-state index contributed by atoms with van der Waals surface area (Å²) >= 11 is 1.19. The van der Waals surface area contributed by atoms with E-state index in [-0.39, 0.29) is 11.7 Å². The molecule has 3 rings (SSSR count). The number of amides is 2. The number of hydrazine groups is 1. The van der Waals surface area contributed by atoms with Gasteiger partial charge in [-0.15, -0.1) is 0 Å². The second-order valence-corrected chi connectivity index (χ2v) is 10.6. The van der Waals surface area contributed by atoms with Gasteiger partial charge in [-0.2, -0.15) is 4.99 Å². The number of benzene rings is 1. The van der Waals surface area contributed by atoms with E-state index < -0.39 is 35.4 Å². The molecule has 0 spiro atoms. The van der Waals surface area contributed by atoms with Crippen LogP contribution < -0.4 is 15.5 Å². The number of alkyl carbamates (subject to hydrolysis) is 1. The van der Waals surface area contributed by atoms with Crippen molar-refractivity contribution in [1.29, 1.82) is 0 Å². The highest BCUT2D eigenvalue weighted by atomic mass is 32.2. The zero-order chi connectivity index (χ0) is 25.8. The SMILES string of the molecule is CC(C)C(NC(=O)OC(C)(C)C)C(=O)Oc1cc(F)ccc1/C=C1\SC(N2CCCCN2)=NC1=O. The van der Waals surface area contributed by atoms with Crippen molar-refractivity contribution in [2.45, 2.75) is 59.1 Å². The molecule has 2 amide bonds. The van der Waals surface area contributed by atoms with Crippen LogP contribution >= 0.6 is 11.8 Å². The maximum absolute atomic E-state index is 14.0. The first-order chi connectivity index (χ1) is 16.4. The Morgan fingerprint density at radius 1 is 1.29 bits per heavy atom. The van der Waals surface area contributed by atoms with Crippen molar-refractivity contribution in [1.82, 2.24) is 15.8 Å². The van der Waals surface area contributed by atoms with Crippen molar-refractivity contribution in [3.8, 4) is 5.75 Å². The van der Waals surface area contributed by atoms with E-state index in [9.17, 15) is 18.8 Å². The fourth-order valence-electron chi connectivity index (χ4n) is 3.33. The number of carbonyl (C=O) groups excluding carboxylic acids is 3. The van der Waals surface area contributed by atoms with Crippen LogP contribution in [0.5, 0.6) is 5.75 Å². The number of halogens is 1. The van der Waals surface area contributed by atoms with E-state index in [0.717, 1.165) is 32.0 Å². The van der Waals surface area contributed by atoms with Crippen LogP contribution in [0.2, 0.25) is 0 Å². The summed E-state index contributed by atoms with van der Waals surface area (Å²) in [7, 11) is 0. The Labute approximate surface area is 208 Å². The quantitative estimate of drug-likeness (QED) is 0.352. The first kappa shape index (κ1) is 26.7. The number of nitrogens with one attached hydrogen (secondary N) is 2. The van der Waals surface area contributed by atoms with Crippen LogP contribution in [-0.2, 0) is 14.3 Å². The highest BCUT2D eigenvalue weighted by Crippen LogP contribution is 2.33. The fourth-order valence-corrected chi connectivity index (χ4v) is 4.24. The van der Waals surface area contributed by atoms with Crippen LogP contribution in [0.15, 0.2) is 28.1 Å². The van der Waals surface area contributed by atoms with Gasteiger partial charge in [-0.3, -0.25) is 9.80 Å². The van der Waals surface area contributed by atoms with Gasteiger partial charge >= 0.3 is 12.1 Å². The molecule has 0 radical (unpaired) electrons. The lowest BCUT2D eigenvalue weighted by molar-refractivity contribution is -0.138. The molecule has 0 aliphatic carbocycles. The van der Waals surface area contributed by atoms with Crippen molar-refractivity contribution in [3.05, 3.63) is 34.5 Å². The lowest BCUT2D eigenvalue weighted by Crippen LogP contribution is -2.48. The summed E-state index contributed by atoms with van der Waals surface area (Å²) in [4.78, 5) is 42.1. The number of esters is 1. The molecule has 0 aromatic heterocycles. The number of nitrogens with zero attached hydrogens (tertiary/aromatic N) is 2. The first-order valence-corrected chi connectivity index (χ1v) is 12.3. The minimum Gasteiger partial charge on any atom is -0.444 e. The molecule has 190 valence electrons. The van der Waals surface area contributed by atoms with Gasteiger partial charge < -0.3 is 14.8 Å². The average molecular weight is 507 g/mol. The zero-order valence-corrected chi connectivity index (χ0v) is 21.3. The third-order valence-electron chi connectivity index (χ3n) is 5.02. The van der Waals surface area contributed by atoms with Gasteiger partial charge in [0.15, 0.2) is 5.17 Å². The normalized spacial score (nSPS) is 18.5. The van der Waals surface area contributed by atoms with E-state index >= 15 is 0 Å². The molecule has 2 aliphatic heterocycles. The molecular formula is C24H31FN4O5S. The van der Waals surface area contributed by atoms with Crippen LogP contribution in [-0.4, -0.2) is 52.9 Å². The summed E-state index contributed by atoms with van der Waals surface area (Å²) < 4.78 is 24.8. The standard InChI is InChI=1S/C24H31FN4O5S/c1-14(2)19(27-23(32)34-24(3,4)5)21(31)33-17-13-16(25)9-8-15(17)12-18-20(30)28-22(35-18)29-11-7-6-10-26-29/h8-9,12-14,19,26H,6-7,10-11H2,1-5H3,(H,27,32)/b18-12-. The monoisotopic (exact) mass is 506 g/mol. The van der Waals surface area contributed by atoms with Gasteiger partial charge in [0.05, 0.1) is 4.91 Å². The summed E-state index contributed by atoms with van der Waals surface area (Å²) in [5, 5.41) is 4.90. The predicted octanol–water partition coefficient (Wildman–Crippen LogP) is 3.85. The molecule has 9 nitrogen and oxygen atoms in total. The Balaban J connectivity index is 1.77. The maximum Gasteiger partial charge on any atom is 0.408 e. The minimum atomic E-state index is -1.03. The molecule has 1 fully saturated rings. The van der Waals surface area contributed by atoms with Gasteiger partial charge in [0, 0.05) is 24.7 Å². The Morgan fingerprint density at radius 3 is 2.66 bits per heavy atom. The van der Waals surface area contributed by atoms with E-state index in [1.54, 1.807) is 34.6 Å². The molecule has 0 saturated carbocycles. The van der Waals surface area contributed by atoms with Crippen LogP contribution in [0, 0.1) is 11.7 Å². The lowest BCUT2D eigenvalue weighted by Gasteiger charge is -2.28. The predicted molar refractivity (Wildman–Crippen MR) is 132 cm³/mol. The molecular weight excluding hydrogens is 475 g/mol. The number of aliphatic imine (C=N–C) groups is 1. The molecule has 11 heteroatoms. The van der Waals surface area contributed by atoms with Crippen molar-refractivity contribution in [2.75, 3.05) is 13.1 Å². The second-order valence-electron chi connectivity index (χ2n) is 9.55. The van der Waals surface area contributed by atoms with E-state index in [4.69, 9.17) is 9.47 Å². The second kappa shape index (κ2) is 11.2. The molecule has 1 aromatic carbocycles. The molecule has 2 aliphatic rings. The Kier molecular flexibility index (Phi) is 8.55. The van der Waals surface area contributed by atoms with Crippen molar-refractivity contribution < 1.29 is 28.2 Å². The summed E-state index contributed by atoms with van der Waals surface area (Å²) in [6.45, 7) is 10.1. The smallest absolute Gasteiger partial charge is 0.408 e. The summed E-state index contributed by atoms with van der Waals surface area (Å²) in [5.41, 5.74) is 2.79. The topological polar surface area (TPSA) is 109 Å². The van der Waals surface area contributed by atoms with Gasteiger partial charge in [-0.1, -0.05) is 13.8 Å². The number of carbonyl (C=O) groups is 3. The van der Waals surface area contributed by atoms with Crippen molar-refractivity contribution in [3.63, 3.8) is 0 Å². The Bertz CT molecular complexity index is 1040. The molecule has 2 heterocycles. The molecule has 0 bridgehead atoms. The number of rotatable bonds is 5. The molecule has 1 atom stereocenters. The molecule has 35 heavy (non-hydrogen) atoms.